The zero-order valence-electron chi connectivity index (χ0n) is 18.2. The first-order valence-electron chi connectivity index (χ1n) is 10.6. The number of piperazine rings is 1. The molecule has 1 aliphatic heterocycles. The van der Waals surface area contributed by atoms with Crippen LogP contribution in [-0.4, -0.2) is 37.0 Å². The fourth-order valence-corrected chi connectivity index (χ4v) is 5.58. The number of anilines is 2. The first-order valence-corrected chi connectivity index (χ1v) is 12.2. The Labute approximate surface area is 198 Å². The van der Waals surface area contributed by atoms with Crippen LogP contribution in [-0.2, 0) is 11.3 Å². The summed E-state index contributed by atoms with van der Waals surface area (Å²) < 4.78 is 0. The van der Waals surface area contributed by atoms with E-state index in [0.29, 0.717) is 20.6 Å². The van der Waals surface area contributed by atoms with Crippen molar-refractivity contribution in [3.63, 3.8) is 0 Å². The van der Waals surface area contributed by atoms with Gasteiger partial charge in [0.05, 0.1) is 10.6 Å². The van der Waals surface area contributed by atoms with Gasteiger partial charge in [0, 0.05) is 54.3 Å². The second-order valence-electron chi connectivity index (χ2n) is 7.85. The van der Waals surface area contributed by atoms with Crippen LogP contribution in [0.5, 0.6) is 0 Å². The topological polar surface area (TPSA) is 59.4 Å². The lowest BCUT2D eigenvalue weighted by atomic mass is 10.0. The number of nitriles is 1. The molecule has 0 atom stereocenters. The Kier molecular flexibility index (Phi) is 8.23. The molecule has 166 valence electrons. The number of hydrogen-bond acceptors (Lipinski definition) is 5. The van der Waals surface area contributed by atoms with E-state index in [1.807, 2.05) is 32.9 Å². The normalized spacial score (nSPS) is 14.7. The number of carbonyl (C=O) groups is 1. The van der Waals surface area contributed by atoms with Crippen LogP contribution < -0.4 is 10.2 Å². The molecule has 1 aromatic heterocycles. The second kappa shape index (κ2) is 10.7. The van der Waals surface area contributed by atoms with Gasteiger partial charge in [-0.2, -0.15) is 5.26 Å². The molecule has 1 amide bonds. The van der Waals surface area contributed by atoms with E-state index in [1.165, 1.54) is 11.3 Å². The maximum Gasteiger partial charge on any atom is 0.228 e. The number of rotatable bonds is 7. The summed E-state index contributed by atoms with van der Waals surface area (Å²) in [6, 6.07) is 7.92. The second-order valence-corrected chi connectivity index (χ2v) is 9.69. The summed E-state index contributed by atoms with van der Waals surface area (Å²) in [5, 5.41) is 15.8. The molecular formula is C23H28Cl2N4OS. The average molecular weight is 479 g/mol. The molecule has 31 heavy (non-hydrogen) atoms. The summed E-state index contributed by atoms with van der Waals surface area (Å²) in [6.45, 7) is 10.3. The number of nitrogens with zero attached hydrogens (tertiary/aromatic N) is 3. The molecule has 2 heterocycles. The fraction of sp³-hybridized carbons (Fsp3) is 0.478. The van der Waals surface area contributed by atoms with Gasteiger partial charge in [-0.25, -0.2) is 0 Å². The maximum atomic E-state index is 12.6. The van der Waals surface area contributed by atoms with E-state index in [2.05, 4.69) is 21.2 Å². The number of benzene rings is 1. The van der Waals surface area contributed by atoms with Crippen LogP contribution >= 0.6 is 34.5 Å². The number of thiophene rings is 1. The highest BCUT2D eigenvalue weighted by atomic mass is 35.5. The molecule has 1 fully saturated rings. The molecule has 0 radical (unpaired) electrons. The SMILES string of the molecule is CCC(CC)C(=O)Nc1sc(N2CCN(Cc3ccc(Cl)cc3Cl)CC2)c(C)c1C#N. The van der Waals surface area contributed by atoms with Gasteiger partial charge in [-0.1, -0.05) is 54.5 Å². The van der Waals surface area contributed by atoms with E-state index >= 15 is 0 Å². The Morgan fingerprint density at radius 1 is 1.23 bits per heavy atom. The van der Waals surface area contributed by atoms with Crippen molar-refractivity contribution in [1.82, 2.24) is 4.90 Å². The minimum absolute atomic E-state index is 0.000961. The minimum Gasteiger partial charge on any atom is -0.361 e. The number of amides is 1. The Hall–Kier alpha value is -1.78. The molecule has 2 aromatic rings. The van der Waals surface area contributed by atoms with Gasteiger partial charge >= 0.3 is 0 Å². The molecule has 1 saturated heterocycles. The van der Waals surface area contributed by atoms with Crippen molar-refractivity contribution in [2.75, 3.05) is 36.4 Å². The molecule has 5 nitrogen and oxygen atoms in total. The predicted molar refractivity (Wildman–Crippen MR) is 130 cm³/mol. The molecule has 1 aromatic carbocycles. The Morgan fingerprint density at radius 3 is 2.48 bits per heavy atom. The lowest BCUT2D eigenvalue weighted by Gasteiger charge is -2.35. The molecule has 1 N–H and O–H groups in total. The van der Waals surface area contributed by atoms with Crippen molar-refractivity contribution in [3.05, 3.63) is 44.9 Å². The van der Waals surface area contributed by atoms with Gasteiger partial charge in [-0.3, -0.25) is 9.69 Å². The van der Waals surface area contributed by atoms with Crippen LogP contribution in [0, 0.1) is 24.2 Å². The average Bonchev–Trinajstić information content (AvgIpc) is 3.06. The van der Waals surface area contributed by atoms with Crippen LogP contribution in [0.4, 0.5) is 10.0 Å². The zero-order valence-corrected chi connectivity index (χ0v) is 20.5. The summed E-state index contributed by atoms with van der Waals surface area (Å²) in [4.78, 5) is 17.2. The Bertz CT molecular complexity index is 973. The van der Waals surface area contributed by atoms with Gasteiger partial charge in [-0.05, 0) is 37.5 Å². The molecule has 3 rings (SSSR count). The molecule has 0 spiro atoms. The largest absolute Gasteiger partial charge is 0.361 e. The van der Waals surface area contributed by atoms with E-state index in [9.17, 15) is 10.1 Å². The fourth-order valence-electron chi connectivity index (χ4n) is 3.90. The first-order chi connectivity index (χ1) is 14.9. The lowest BCUT2D eigenvalue weighted by molar-refractivity contribution is -0.120. The Morgan fingerprint density at radius 2 is 1.90 bits per heavy atom. The smallest absolute Gasteiger partial charge is 0.228 e. The van der Waals surface area contributed by atoms with E-state index in [4.69, 9.17) is 23.2 Å². The number of halogens is 2. The van der Waals surface area contributed by atoms with Crippen molar-refractivity contribution in [3.8, 4) is 6.07 Å². The summed E-state index contributed by atoms with van der Waals surface area (Å²) in [5.41, 5.74) is 2.60. The van der Waals surface area contributed by atoms with Crippen molar-refractivity contribution in [1.29, 1.82) is 5.26 Å². The minimum atomic E-state index is -0.0272. The first kappa shape index (κ1) is 23.9. The van der Waals surface area contributed by atoms with Gasteiger partial charge in [0.25, 0.3) is 0 Å². The lowest BCUT2D eigenvalue weighted by Crippen LogP contribution is -2.45. The molecule has 0 saturated carbocycles. The van der Waals surface area contributed by atoms with Crippen LogP contribution in [0.15, 0.2) is 18.2 Å². The summed E-state index contributed by atoms with van der Waals surface area (Å²) in [5.74, 6) is -0.0281. The van der Waals surface area contributed by atoms with Crippen molar-refractivity contribution in [2.24, 2.45) is 5.92 Å². The summed E-state index contributed by atoms with van der Waals surface area (Å²) >= 11 is 13.8. The van der Waals surface area contributed by atoms with Crippen LogP contribution in [0.25, 0.3) is 0 Å². The summed E-state index contributed by atoms with van der Waals surface area (Å²) in [7, 11) is 0. The van der Waals surface area contributed by atoms with E-state index in [-0.39, 0.29) is 11.8 Å². The predicted octanol–water partition coefficient (Wildman–Crippen LogP) is 5.93. The van der Waals surface area contributed by atoms with Gasteiger partial charge in [0.2, 0.25) is 5.91 Å². The molecule has 1 aliphatic rings. The highest BCUT2D eigenvalue weighted by Crippen LogP contribution is 2.40. The van der Waals surface area contributed by atoms with Gasteiger partial charge in [-0.15, -0.1) is 0 Å². The highest BCUT2D eigenvalue weighted by Gasteiger charge is 2.25. The third-order valence-electron chi connectivity index (χ3n) is 5.90. The van der Waals surface area contributed by atoms with Crippen LogP contribution in [0.2, 0.25) is 10.0 Å². The third kappa shape index (κ3) is 5.53. The van der Waals surface area contributed by atoms with Crippen LogP contribution in [0.3, 0.4) is 0 Å². The monoisotopic (exact) mass is 478 g/mol. The van der Waals surface area contributed by atoms with Crippen molar-refractivity contribution >= 4 is 50.4 Å². The molecule has 0 aliphatic carbocycles. The highest BCUT2D eigenvalue weighted by molar-refractivity contribution is 7.20. The standard InChI is InChI=1S/C23H28Cl2N4OS/c1-4-16(5-2)21(30)27-22-19(13-26)15(3)23(31-22)29-10-8-28(9-11-29)14-17-6-7-18(24)12-20(17)25/h6-7,12,16H,4-5,8-11,14H2,1-3H3,(H,27,30). The van der Waals surface area contributed by atoms with E-state index in [0.717, 1.165) is 61.7 Å². The molecule has 0 bridgehead atoms. The number of nitrogens with one attached hydrogen (secondary N) is 1. The molecule has 0 unspecified atom stereocenters. The zero-order chi connectivity index (χ0) is 22.5. The summed E-state index contributed by atoms with van der Waals surface area (Å²) in [6.07, 6.45) is 1.59. The van der Waals surface area contributed by atoms with E-state index in [1.54, 1.807) is 6.07 Å². The van der Waals surface area contributed by atoms with Crippen LogP contribution in [0.1, 0.15) is 43.4 Å². The number of carbonyl (C=O) groups excluding carboxylic acids is 1. The quantitative estimate of drug-likeness (QED) is 0.535. The van der Waals surface area contributed by atoms with Crippen molar-refractivity contribution in [2.45, 2.75) is 40.2 Å². The molecular weight excluding hydrogens is 451 g/mol. The number of hydrogen-bond donors (Lipinski definition) is 1. The van der Waals surface area contributed by atoms with Gasteiger partial charge in [0.15, 0.2) is 0 Å². The van der Waals surface area contributed by atoms with Gasteiger partial charge in [0.1, 0.15) is 11.1 Å². The third-order valence-corrected chi connectivity index (χ3v) is 7.75. The maximum absolute atomic E-state index is 12.6. The Balaban J connectivity index is 1.68. The van der Waals surface area contributed by atoms with Gasteiger partial charge < -0.3 is 10.2 Å². The van der Waals surface area contributed by atoms with Crippen molar-refractivity contribution < 1.29 is 4.79 Å². The molecule has 8 heteroatoms. The van der Waals surface area contributed by atoms with E-state index < -0.39 is 0 Å².